The van der Waals surface area contributed by atoms with Gasteiger partial charge in [0.2, 0.25) is 0 Å². The van der Waals surface area contributed by atoms with E-state index in [-0.39, 0.29) is 0 Å². The van der Waals surface area contributed by atoms with E-state index in [1.54, 1.807) is 0 Å². The lowest BCUT2D eigenvalue weighted by Gasteiger charge is -2.04. The van der Waals surface area contributed by atoms with Crippen LogP contribution in [0.3, 0.4) is 0 Å². The van der Waals surface area contributed by atoms with Crippen molar-refractivity contribution in [2.24, 2.45) is 0 Å². The van der Waals surface area contributed by atoms with Crippen molar-refractivity contribution in [3.8, 4) is 22.5 Å². The van der Waals surface area contributed by atoms with Crippen LogP contribution in [0.2, 0.25) is 0 Å². The average molecular weight is 263 g/mol. The van der Waals surface area contributed by atoms with Crippen molar-refractivity contribution in [3.63, 3.8) is 0 Å². The minimum Gasteiger partial charge on any atom is -0.355 e. The third kappa shape index (κ3) is 2.37. The minimum atomic E-state index is 0.861. The zero-order chi connectivity index (χ0) is 13.8. The fourth-order valence-electron chi connectivity index (χ4n) is 2.42. The topological polar surface area (TPSA) is 26.0 Å². The SMILES string of the molecule is CCCc1noc(-c2ccccc2)c1-c1ccccc1. The van der Waals surface area contributed by atoms with Crippen molar-refractivity contribution in [1.29, 1.82) is 0 Å². The van der Waals surface area contributed by atoms with Gasteiger partial charge in [0.25, 0.3) is 0 Å². The maximum atomic E-state index is 5.64. The maximum Gasteiger partial charge on any atom is 0.174 e. The summed E-state index contributed by atoms with van der Waals surface area (Å²) in [7, 11) is 0. The molecule has 0 N–H and O–H groups in total. The molecule has 0 saturated heterocycles. The number of benzene rings is 2. The Hall–Kier alpha value is -2.35. The summed E-state index contributed by atoms with van der Waals surface area (Å²) in [4.78, 5) is 0. The molecule has 0 atom stereocenters. The molecule has 2 aromatic carbocycles. The van der Waals surface area contributed by atoms with Crippen LogP contribution in [-0.2, 0) is 6.42 Å². The number of hydrogen-bond acceptors (Lipinski definition) is 2. The van der Waals surface area contributed by atoms with E-state index in [4.69, 9.17) is 4.52 Å². The lowest BCUT2D eigenvalue weighted by atomic mass is 9.98. The smallest absolute Gasteiger partial charge is 0.174 e. The van der Waals surface area contributed by atoms with Crippen LogP contribution < -0.4 is 0 Å². The molecule has 0 aliphatic carbocycles. The molecule has 0 aliphatic rings. The zero-order valence-corrected chi connectivity index (χ0v) is 11.5. The Labute approximate surface area is 119 Å². The fourth-order valence-corrected chi connectivity index (χ4v) is 2.42. The minimum absolute atomic E-state index is 0.861. The van der Waals surface area contributed by atoms with Crippen LogP contribution >= 0.6 is 0 Å². The molecular formula is C18H17NO. The lowest BCUT2D eigenvalue weighted by Crippen LogP contribution is -1.88. The molecule has 100 valence electrons. The van der Waals surface area contributed by atoms with E-state index in [1.165, 1.54) is 0 Å². The molecule has 1 aromatic heterocycles. The molecule has 0 amide bonds. The Kier molecular flexibility index (Phi) is 3.64. The van der Waals surface area contributed by atoms with Gasteiger partial charge in [0.05, 0.1) is 11.3 Å². The predicted molar refractivity (Wildman–Crippen MR) is 81.4 cm³/mol. The molecule has 3 rings (SSSR count). The molecule has 2 heteroatoms. The monoisotopic (exact) mass is 263 g/mol. The van der Waals surface area contributed by atoms with Gasteiger partial charge in [-0.3, -0.25) is 0 Å². The van der Waals surface area contributed by atoms with E-state index in [2.05, 4.69) is 36.3 Å². The molecule has 0 spiro atoms. The summed E-state index contributed by atoms with van der Waals surface area (Å²) < 4.78 is 5.64. The molecule has 0 fully saturated rings. The lowest BCUT2D eigenvalue weighted by molar-refractivity contribution is 0.423. The van der Waals surface area contributed by atoms with Gasteiger partial charge in [0.15, 0.2) is 5.76 Å². The van der Waals surface area contributed by atoms with E-state index >= 15 is 0 Å². The van der Waals surface area contributed by atoms with Gasteiger partial charge in [-0.15, -0.1) is 0 Å². The normalized spacial score (nSPS) is 10.7. The average Bonchev–Trinajstić information content (AvgIpc) is 2.93. The molecule has 20 heavy (non-hydrogen) atoms. The quantitative estimate of drug-likeness (QED) is 0.664. The maximum absolute atomic E-state index is 5.64. The first-order chi connectivity index (χ1) is 9.90. The Morgan fingerprint density at radius 2 is 1.45 bits per heavy atom. The second-order valence-corrected chi connectivity index (χ2v) is 4.82. The van der Waals surface area contributed by atoms with E-state index in [0.29, 0.717) is 0 Å². The van der Waals surface area contributed by atoms with Gasteiger partial charge in [-0.05, 0) is 12.0 Å². The summed E-state index contributed by atoms with van der Waals surface area (Å²) in [6.45, 7) is 2.16. The van der Waals surface area contributed by atoms with Gasteiger partial charge >= 0.3 is 0 Å². The molecule has 0 aliphatic heterocycles. The third-order valence-electron chi connectivity index (χ3n) is 3.35. The summed E-state index contributed by atoms with van der Waals surface area (Å²) >= 11 is 0. The van der Waals surface area contributed by atoms with Crippen LogP contribution in [0, 0.1) is 0 Å². The van der Waals surface area contributed by atoms with Crippen LogP contribution in [-0.4, -0.2) is 5.16 Å². The number of nitrogens with zero attached hydrogens (tertiary/aromatic N) is 1. The van der Waals surface area contributed by atoms with Gasteiger partial charge in [-0.25, -0.2) is 0 Å². The highest BCUT2D eigenvalue weighted by Crippen LogP contribution is 2.35. The number of rotatable bonds is 4. The number of hydrogen-bond donors (Lipinski definition) is 0. The van der Waals surface area contributed by atoms with Crippen LogP contribution in [0.1, 0.15) is 19.0 Å². The van der Waals surface area contributed by atoms with Gasteiger partial charge in [-0.1, -0.05) is 79.2 Å². The van der Waals surface area contributed by atoms with Gasteiger partial charge in [0.1, 0.15) is 0 Å². The van der Waals surface area contributed by atoms with Gasteiger partial charge in [0, 0.05) is 5.56 Å². The molecule has 0 unspecified atom stereocenters. The summed E-state index contributed by atoms with van der Waals surface area (Å²) in [5.74, 6) is 0.861. The largest absolute Gasteiger partial charge is 0.355 e. The van der Waals surface area contributed by atoms with Crippen molar-refractivity contribution in [2.45, 2.75) is 19.8 Å². The molecule has 1 heterocycles. The highest BCUT2D eigenvalue weighted by Gasteiger charge is 2.18. The first-order valence-electron chi connectivity index (χ1n) is 6.99. The second kappa shape index (κ2) is 5.74. The van der Waals surface area contributed by atoms with Crippen LogP contribution in [0.5, 0.6) is 0 Å². The zero-order valence-electron chi connectivity index (χ0n) is 11.5. The van der Waals surface area contributed by atoms with Crippen molar-refractivity contribution in [3.05, 3.63) is 66.4 Å². The highest BCUT2D eigenvalue weighted by molar-refractivity contribution is 5.81. The highest BCUT2D eigenvalue weighted by atomic mass is 16.5. The molecule has 2 nitrogen and oxygen atoms in total. The number of aryl methyl sites for hydroxylation is 1. The standard InChI is InChI=1S/C18H17NO/c1-2-9-16-17(14-10-5-3-6-11-14)18(20-19-16)15-12-7-4-8-13-15/h3-8,10-13H,2,9H2,1H3. The second-order valence-electron chi connectivity index (χ2n) is 4.82. The summed E-state index contributed by atoms with van der Waals surface area (Å²) in [6, 6.07) is 20.5. The van der Waals surface area contributed by atoms with Crippen LogP contribution in [0.4, 0.5) is 0 Å². The fraction of sp³-hybridized carbons (Fsp3) is 0.167. The summed E-state index contributed by atoms with van der Waals surface area (Å²) in [5.41, 5.74) is 4.40. The number of aromatic nitrogens is 1. The predicted octanol–water partition coefficient (Wildman–Crippen LogP) is 4.96. The molecule has 0 radical (unpaired) electrons. The van der Waals surface area contributed by atoms with Gasteiger partial charge in [-0.2, -0.15) is 0 Å². The Balaban J connectivity index is 2.17. The van der Waals surface area contributed by atoms with Crippen LogP contribution in [0.25, 0.3) is 22.5 Å². The first kappa shape index (κ1) is 12.7. The van der Waals surface area contributed by atoms with E-state index in [9.17, 15) is 0 Å². The third-order valence-corrected chi connectivity index (χ3v) is 3.35. The van der Waals surface area contributed by atoms with E-state index < -0.39 is 0 Å². The van der Waals surface area contributed by atoms with Gasteiger partial charge < -0.3 is 4.52 Å². The molecular weight excluding hydrogens is 246 g/mol. The van der Waals surface area contributed by atoms with Crippen molar-refractivity contribution >= 4 is 0 Å². The van der Waals surface area contributed by atoms with Crippen molar-refractivity contribution < 1.29 is 4.52 Å². The Bertz CT molecular complexity index is 671. The molecule has 0 bridgehead atoms. The molecule has 0 saturated carbocycles. The van der Waals surface area contributed by atoms with E-state index in [0.717, 1.165) is 41.0 Å². The summed E-state index contributed by atoms with van der Waals surface area (Å²) in [6.07, 6.45) is 1.99. The van der Waals surface area contributed by atoms with E-state index in [1.807, 2.05) is 36.4 Å². The first-order valence-corrected chi connectivity index (χ1v) is 6.99. The Morgan fingerprint density at radius 3 is 2.05 bits per heavy atom. The summed E-state index contributed by atoms with van der Waals surface area (Å²) in [5, 5.41) is 4.28. The van der Waals surface area contributed by atoms with Crippen LogP contribution in [0.15, 0.2) is 65.2 Å². The van der Waals surface area contributed by atoms with Crippen molar-refractivity contribution in [2.75, 3.05) is 0 Å². The van der Waals surface area contributed by atoms with Crippen molar-refractivity contribution in [1.82, 2.24) is 5.16 Å². The Morgan fingerprint density at radius 1 is 0.850 bits per heavy atom. The molecule has 3 aromatic rings.